The van der Waals surface area contributed by atoms with Gasteiger partial charge < -0.3 is 25.1 Å². The number of hydrogen-bond donors (Lipinski definition) is 2. The Balaban J connectivity index is 1.31. The molecule has 0 saturated carbocycles. The van der Waals surface area contributed by atoms with Gasteiger partial charge in [-0.15, -0.1) is 0 Å². The summed E-state index contributed by atoms with van der Waals surface area (Å²) in [6.45, 7) is 2.14. The van der Waals surface area contributed by atoms with Gasteiger partial charge in [-0.3, -0.25) is 4.79 Å². The van der Waals surface area contributed by atoms with Crippen LogP contribution in [0.4, 0.5) is 26.3 Å². The van der Waals surface area contributed by atoms with Gasteiger partial charge in [0.05, 0.1) is 43.4 Å². The lowest BCUT2D eigenvalue weighted by Crippen LogP contribution is -2.27. The van der Waals surface area contributed by atoms with E-state index in [1.165, 1.54) is 0 Å². The number of carbonyl (C=O) groups excluding carboxylic acids is 1. The second-order valence-corrected chi connectivity index (χ2v) is 13.9. The molecule has 1 heterocycles. The second kappa shape index (κ2) is 17.4. The van der Waals surface area contributed by atoms with E-state index in [4.69, 9.17) is 20.2 Å². The van der Waals surface area contributed by atoms with E-state index < -0.39 is 35.8 Å². The van der Waals surface area contributed by atoms with Crippen LogP contribution in [-0.4, -0.2) is 67.3 Å². The minimum Gasteiger partial charge on any atom is -0.378 e. The summed E-state index contributed by atoms with van der Waals surface area (Å²) in [5, 5.41) is 6.47. The topological polar surface area (TPSA) is 91.4 Å². The van der Waals surface area contributed by atoms with Crippen LogP contribution in [0.15, 0.2) is 132 Å². The Morgan fingerprint density at radius 3 is 1.97 bits per heavy atom. The number of imidazole rings is 1. The SMILES string of the molecule is NCCOCCOCCNC(=O)c1ccc(Cn2c([C@H]3C=C(C(F)(F)F)C=C(C(F)(F)F)C3)nc(-c3ccc4ccccc4c3)c2-c2ccc3ccccc3c2)cc1. The average Bonchev–Trinajstić information content (AvgIpc) is 3.59. The summed E-state index contributed by atoms with van der Waals surface area (Å²) in [6.07, 6.45) is -9.74. The van der Waals surface area contributed by atoms with E-state index >= 15 is 0 Å². The van der Waals surface area contributed by atoms with E-state index in [-0.39, 0.29) is 37.5 Å². The quantitative estimate of drug-likeness (QED) is 0.0847. The van der Waals surface area contributed by atoms with Crippen molar-refractivity contribution < 1.29 is 40.6 Å². The largest absolute Gasteiger partial charge is 0.416 e. The minimum absolute atomic E-state index is 0.0246. The molecule has 0 bridgehead atoms. The van der Waals surface area contributed by atoms with E-state index in [0.717, 1.165) is 27.6 Å². The number of aromatic nitrogens is 2. The summed E-state index contributed by atoms with van der Waals surface area (Å²) in [5.74, 6) is -1.68. The van der Waals surface area contributed by atoms with E-state index in [9.17, 15) is 31.1 Å². The summed E-state index contributed by atoms with van der Waals surface area (Å²) in [4.78, 5) is 17.9. The van der Waals surface area contributed by atoms with E-state index in [0.29, 0.717) is 60.0 Å². The fraction of sp³-hybridized carbons (Fsp3) is 0.244. The van der Waals surface area contributed by atoms with Gasteiger partial charge in [0.25, 0.3) is 5.91 Å². The first-order valence-corrected chi connectivity index (χ1v) is 18.8. The number of fused-ring (bicyclic) bond motifs is 2. The molecule has 300 valence electrons. The smallest absolute Gasteiger partial charge is 0.378 e. The van der Waals surface area contributed by atoms with Crippen LogP contribution < -0.4 is 11.1 Å². The van der Waals surface area contributed by atoms with Gasteiger partial charge in [0.15, 0.2) is 0 Å². The number of amides is 1. The molecule has 1 aliphatic rings. The van der Waals surface area contributed by atoms with Crippen LogP contribution in [-0.2, 0) is 16.0 Å². The van der Waals surface area contributed by atoms with Crippen molar-refractivity contribution >= 4 is 27.5 Å². The van der Waals surface area contributed by atoms with E-state index in [1.54, 1.807) is 28.8 Å². The minimum atomic E-state index is -5.03. The third kappa shape index (κ3) is 9.33. The third-order valence-electron chi connectivity index (χ3n) is 9.94. The van der Waals surface area contributed by atoms with Gasteiger partial charge in [0.2, 0.25) is 0 Å². The Morgan fingerprint density at radius 2 is 1.34 bits per heavy atom. The summed E-state index contributed by atoms with van der Waals surface area (Å²) in [7, 11) is 0. The van der Waals surface area contributed by atoms with Crippen molar-refractivity contribution in [3.8, 4) is 22.5 Å². The molecule has 58 heavy (non-hydrogen) atoms. The maximum atomic E-state index is 14.3. The van der Waals surface area contributed by atoms with Crippen molar-refractivity contribution in [2.24, 2.45) is 5.73 Å². The Bertz CT molecular complexity index is 2470. The molecule has 1 atom stereocenters. The molecule has 0 spiro atoms. The zero-order valence-electron chi connectivity index (χ0n) is 31.2. The van der Waals surface area contributed by atoms with Gasteiger partial charge in [0.1, 0.15) is 5.82 Å². The molecule has 7 rings (SSSR count). The standard InChI is InChI=1S/C45H40F6N4O3/c46-44(47,48)38-25-37(26-39(27-38)45(49,50)51)42-54-40(35-15-13-30-5-1-3-7-33(30)23-35)41(36-16-14-31-6-2-4-8-34(31)24-36)55(42)28-29-9-11-32(12-10-29)43(56)53-18-20-58-22-21-57-19-17-52/h1-16,23-25,27,37H,17-22,26,28,52H2,(H,53,56)/t37-/m0/s1. The normalized spacial score (nSPS) is 14.8. The van der Waals surface area contributed by atoms with E-state index in [2.05, 4.69) is 5.32 Å². The summed E-state index contributed by atoms with van der Waals surface area (Å²) in [5.41, 5.74) is 5.97. The summed E-state index contributed by atoms with van der Waals surface area (Å²) >= 11 is 0. The maximum Gasteiger partial charge on any atom is 0.416 e. The molecule has 6 aromatic rings. The molecule has 7 nitrogen and oxygen atoms in total. The molecule has 1 amide bonds. The van der Waals surface area contributed by atoms with Crippen LogP contribution in [0.25, 0.3) is 44.1 Å². The molecule has 5 aromatic carbocycles. The van der Waals surface area contributed by atoms with Crippen LogP contribution in [0.1, 0.15) is 34.1 Å². The Morgan fingerprint density at radius 1 is 0.741 bits per heavy atom. The highest BCUT2D eigenvalue weighted by Crippen LogP contribution is 2.45. The fourth-order valence-corrected chi connectivity index (χ4v) is 7.12. The molecule has 1 aromatic heterocycles. The number of carbonyl (C=O) groups is 1. The second-order valence-electron chi connectivity index (χ2n) is 13.9. The number of nitrogens with zero attached hydrogens (tertiary/aromatic N) is 2. The lowest BCUT2D eigenvalue weighted by Gasteiger charge is -2.25. The molecule has 1 aliphatic carbocycles. The van der Waals surface area contributed by atoms with Crippen molar-refractivity contribution in [2.75, 3.05) is 39.5 Å². The fourth-order valence-electron chi connectivity index (χ4n) is 7.12. The first kappa shape index (κ1) is 40.4. The number of nitrogens with two attached hydrogens (primary N) is 1. The van der Waals surface area contributed by atoms with Gasteiger partial charge in [-0.05, 0) is 63.9 Å². The molecule has 0 saturated heterocycles. The van der Waals surface area contributed by atoms with Crippen molar-refractivity contribution in [1.29, 1.82) is 0 Å². The number of allylic oxidation sites excluding steroid dienone is 4. The predicted octanol–water partition coefficient (Wildman–Crippen LogP) is 9.76. The van der Waals surface area contributed by atoms with Crippen molar-refractivity contribution in [3.63, 3.8) is 0 Å². The molecule has 13 heteroatoms. The highest BCUT2D eigenvalue weighted by atomic mass is 19.4. The van der Waals surface area contributed by atoms with Gasteiger partial charge in [0, 0.05) is 47.8 Å². The van der Waals surface area contributed by atoms with Gasteiger partial charge in [-0.25, -0.2) is 4.98 Å². The third-order valence-corrected chi connectivity index (χ3v) is 9.94. The van der Waals surface area contributed by atoms with E-state index in [1.807, 2.05) is 84.9 Å². The van der Waals surface area contributed by atoms with Crippen LogP contribution in [0.3, 0.4) is 0 Å². The molecule has 0 fully saturated rings. The van der Waals surface area contributed by atoms with Crippen molar-refractivity contribution in [3.05, 3.63) is 149 Å². The maximum absolute atomic E-state index is 14.3. The van der Waals surface area contributed by atoms with Crippen molar-refractivity contribution in [2.45, 2.75) is 31.2 Å². The summed E-state index contributed by atoms with van der Waals surface area (Å²) < 4.78 is 98.1. The zero-order valence-corrected chi connectivity index (χ0v) is 31.2. The number of ether oxygens (including phenoxy) is 2. The number of nitrogens with one attached hydrogen (secondary N) is 1. The average molecular weight is 799 g/mol. The highest BCUT2D eigenvalue weighted by molar-refractivity contribution is 5.94. The van der Waals surface area contributed by atoms with Crippen LogP contribution >= 0.6 is 0 Å². The molecule has 3 N–H and O–H groups in total. The number of alkyl halides is 6. The van der Waals surface area contributed by atoms with Gasteiger partial charge in [-0.1, -0.05) is 91.0 Å². The Hall–Kier alpha value is -5.76. The molecular weight excluding hydrogens is 759 g/mol. The zero-order chi connectivity index (χ0) is 40.9. The molecule has 0 unspecified atom stereocenters. The lowest BCUT2D eigenvalue weighted by atomic mass is 9.88. The molecular formula is C45H40F6N4O3. The number of rotatable bonds is 14. The molecule has 0 aliphatic heterocycles. The number of hydrogen-bond acceptors (Lipinski definition) is 5. The number of halogens is 6. The van der Waals surface area contributed by atoms with Gasteiger partial charge >= 0.3 is 12.4 Å². The Labute approximate surface area is 330 Å². The number of benzene rings is 5. The Kier molecular flexibility index (Phi) is 12.1. The first-order chi connectivity index (χ1) is 27.9. The van der Waals surface area contributed by atoms with Crippen LogP contribution in [0.5, 0.6) is 0 Å². The van der Waals surface area contributed by atoms with Crippen molar-refractivity contribution in [1.82, 2.24) is 14.9 Å². The molecule has 0 radical (unpaired) electrons. The highest BCUT2D eigenvalue weighted by Gasteiger charge is 2.43. The van der Waals surface area contributed by atoms with Crippen LogP contribution in [0.2, 0.25) is 0 Å². The monoisotopic (exact) mass is 798 g/mol. The lowest BCUT2D eigenvalue weighted by molar-refractivity contribution is -0.0992. The van der Waals surface area contributed by atoms with Gasteiger partial charge in [-0.2, -0.15) is 26.3 Å². The predicted molar refractivity (Wildman–Crippen MR) is 212 cm³/mol. The first-order valence-electron chi connectivity index (χ1n) is 18.8. The van der Waals surface area contributed by atoms with Crippen LogP contribution in [0, 0.1) is 0 Å². The summed E-state index contributed by atoms with van der Waals surface area (Å²) in [6, 6.07) is 33.4.